The second kappa shape index (κ2) is 6.72. The van der Waals surface area contributed by atoms with Crippen LogP contribution in [0.2, 0.25) is 0 Å². The number of aromatic amines is 1. The second-order valence-electron chi connectivity index (χ2n) is 6.54. The van der Waals surface area contributed by atoms with Gasteiger partial charge in [-0.2, -0.15) is 5.10 Å². The summed E-state index contributed by atoms with van der Waals surface area (Å²) in [4.78, 5) is 7.66. The Kier molecular flexibility index (Phi) is 4.28. The van der Waals surface area contributed by atoms with E-state index in [2.05, 4.69) is 45.0 Å². The summed E-state index contributed by atoms with van der Waals surface area (Å²) in [6.07, 6.45) is 4.50. The van der Waals surface area contributed by atoms with E-state index in [0.29, 0.717) is 12.1 Å². The highest BCUT2D eigenvalue weighted by molar-refractivity contribution is 5.82. The molecule has 0 aliphatic carbocycles. The average Bonchev–Trinajstić information content (AvgIpc) is 3.31. The monoisotopic (exact) mass is 337 g/mol. The van der Waals surface area contributed by atoms with Crippen LogP contribution in [0.4, 0.5) is 5.95 Å². The van der Waals surface area contributed by atoms with E-state index in [4.69, 9.17) is 4.74 Å². The van der Waals surface area contributed by atoms with Crippen LogP contribution in [0, 0.1) is 13.8 Å². The zero-order valence-corrected chi connectivity index (χ0v) is 14.6. The number of H-pyrrole nitrogens is 1. The molecule has 0 saturated carbocycles. The fourth-order valence-corrected chi connectivity index (χ4v) is 3.40. The lowest BCUT2D eigenvalue weighted by Gasteiger charge is -2.14. The molecule has 1 aromatic carbocycles. The van der Waals surface area contributed by atoms with Crippen LogP contribution in [-0.4, -0.2) is 33.5 Å². The third kappa shape index (κ3) is 3.30. The quantitative estimate of drug-likeness (QED) is 0.552. The molecular weight excluding hydrogens is 314 g/mol. The molecule has 0 unspecified atom stereocenters. The molecule has 6 nitrogen and oxygen atoms in total. The minimum atomic E-state index is 0.336. The lowest BCUT2D eigenvalue weighted by atomic mass is 10.2. The minimum Gasteiger partial charge on any atom is -0.376 e. The van der Waals surface area contributed by atoms with Gasteiger partial charge in [0.25, 0.3) is 0 Å². The van der Waals surface area contributed by atoms with E-state index in [1.165, 1.54) is 17.8 Å². The van der Waals surface area contributed by atoms with Crippen molar-refractivity contribution in [1.29, 1.82) is 0 Å². The molecule has 2 N–H and O–H groups in total. The smallest absolute Gasteiger partial charge is 0.222 e. The van der Waals surface area contributed by atoms with Crippen LogP contribution in [0.25, 0.3) is 11.0 Å². The van der Waals surface area contributed by atoms with Crippen LogP contribution in [0.3, 0.4) is 0 Å². The fraction of sp³-hybridized carbons (Fsp3) is 0.368. The molecule has 3 aromatic rings. The highest BCUT2D eigenvalue weighted by Crippen LogP contribution is 2.19. The predicted molar refractivity (Wildman–Crippen MR) is 100 cm³/mol. The van der Waals surface area contributed by atoms with Gasteiger partial charge < -0.3 is 14.3 Å². The van der Waals surface area contributed by atoms with Crippen LogP contribution >= 0.6 is 0 Å². The standard InChI is InChI=1S/C19H23N5O/c1-13-10-15(14(2)24(13)12-16-6-5-9-25-16)11-20-23-19-21-17-7-3-4-8-18(17)22-19/h3-4,7-8,10-11,16H,5-6,9,12H2,1-2H3,(H2,21,22,23)/b20-11-/t16-/m0/s1. The first-order chi connectivity index (χ1) is 12.2. The first-order valence-corrected chi connectivity index (χ1v) is 8.73. The molecule has 1 aliphatic heterocycles. The maximum Gasteiger partial charge on any atom is 0.222 e. The SMILES string of the molecule is Cc1cc(/C=N\Nc2nc3ccccc3[nH]2)c(C)n1C[C@@H]1CCCO1. The summed E-state index contributed by atoms with van der Waals surface area (Å²) in [5.41, 5.74) is 8.46. The van der Waals surface area contributed by atoms with Gasteiger partial charge in [0.15, 0.2) is 0 Å². The molecule has 0 spiro atoms. The third-order valence-corrected chi connectivity index (χ3v) is 4.79. The van der Waals surface area contributed by atoms with Gasteiger partial charge in [0.05, 0.1) is 23.4 Å². The van der Waals surface area contributed by atoms with E-state index < -0.39 is 0 Å². The summed E-state index contributed by atoms with van der Waals surface area (Å²) >= 11 is 0. The van der Waals surface area contributed by atoms with Crippen molar-refractivity contribution in [3.63, 3.8) is 0 Å². The molecule has 1 atom stereocenters. The molecule has 1 aliphatic rings. The molecular formula is C19H23N5O. The maximum absolute atomic E-state index is 5.76. The summed E-state index contributed by atoms with van der Waals surface area (Å²) in [5.74, 6) is 0.644. The van der Waals surface area contributed by atoms with Crippen molar-refractivity contribution >= 4 is 23.2 Å². The van der Waals surface area contributed by atoms with E-state index in [0.717, 1.165) is 36.2 Å². The van der Waals surface area contributed by atoms with E-state index >= 15 is 0 Å². The molecule has 4 rings (SSSR count). The average molecular weight is 337 g/mol. The normalized spacial score (nSPS) is 17.8. The van der Waals surface area contributed by atoms with Gasteiger partial charge in [0.1, 0.15) is 0 Å². The van der Waals surface area contributed by atoms with E-state index in [1.54, 1.807) is 0 Å². The van der Waals surface area contributed by atoms with Crippen molar-refractivity contribution in [2.45, 2.75) is 39.3 Å². The number of aromatic nitrogens is 3. The zero-order chi connectivity index (χ0) is 17.2. The summed E-state index contributed by atoms with van der Waals surface area (Å²) in [6, 6.07) is 10.1. The topological polar surface area (TPSA) is 67.2 Å². The van der Waals surface area contributed by atoms with Crippen LogP contribution < -0.4 is 5.43 Å². The minimum absolute atomic E-state index is 0.336. The first-order valence-electron chi connectivity index (χ1n) is 8.73. The van der Waals surface area contributed by atoms with Crippen molar-refractivity contribution < 1.29 is 4.74 Å². The van der Waals surface area contributed by atoms with Gasteiger partial charge >= 0.3 is 0 Å². The van der Waals surface area contributed by atoms with Crippen molar-refractivity contribution in [2.24, 2.45) is 5.10 Å². The lowest BCUT2D eigenvalue weighted by Crippen LogP contribution is -2.16. The van der Waals surface area contributed by atoms with Crippen LogP contribution in [-0.2, 0) is 11.3 Å². The molecule has 0 amide bonds. The number of hydrazone groups is 1. The predicted octanol–water partition coefficient (Wildman–Crippen LogP) is 3.61. The van der Waals surface area contributed by atoms with Gasteiger partial charge in [0, 0.05) is 30.1 Å². The Morgan fingerprint density at radius 2 is 2.28 bits per heavy atom. The molecule has 1 saturated heterocycles. The molecule has 3 heterocycles. The van der Waals surface area contributed by atoms with Crippen molar-refractivity contribution in [3.05, 3.63) is 47.3 Å². The molecule has 0 radical (unpaired) electrons. The largest absolute Gasteiger partial charge is 0.376 e. The summed E-state index contributed by atoms with van der Waals surface area (Å²) in [7, 11) is 0. The number of aryl methyl sites for hydroxylation is 1. The summed E-state index contributed by atoms with van der Waals surface area (Å²) in [6.45, 7) is 6.07. The van der Waals surface area contributed by atoms with Crippen LogP contribution in [0.1, 0.15) is 29.8 Å². The van der Waals surface area contributed by atoms with Gasteiger partial charge in [-0.3, -0.25) is 0 Å². The van der Waals surface area contributed by atoms with E-state index in [-0.39, 0.29) is 0 Å². The van der Waals surface area contributed by atoms with Crippen molar-refractivity contribution in [1.82, 2.24) is 14.5 Å². The van der Waals surface area contributed by atoms with Crippen molar-refractivity contribution in [2.75, 3.05) is 12.0 Å². The molecule has 0 bridgehead atoms. The Morgan fingerprint density at radius 1 is 1.40 bits per heavy atom. The zero-order valence-electron chi connectivity index (χ0n) is 14.6. The lowest BCUT2D eigenvalue weighted by molar-refractivity contribution is 0.0962. The highest BCUT2D eigenvalue weighted by Gasteiger charge is 2.18. The van der Waals surface area contributed by atoms with Crippen molar-refractivity contribution in [3.8, 4) is 0 Å². The number of para-hydroxylation sites is 2. The number of nitrogens with one attached hydrogen (secondary N) is 2. The van der Waals surface area contributed by atoms with Gasteiger partial charge in [0.2, 0.25) is 5.95 Å². The second-order valence-corrected chi connectivity index (χ2v) is 6.54. The molecule has 2 aromatic heterocycles. The fourth-order valence-electron chi connectivity index (χ4n) is 3.40. The Hall–Kier alpha value is -2.60. The summed E-state index contributed by atoms with van der Waals surface area (Å²) < 4.78 is 8.08. The highest BCUT2D eigenvalue weighted by atomic mass is 16.5. The maximum atomic E-state index is 5.76. The summed E-state index contributed by atoms with van der Waals surface area (Å²) in [5, 5.41) is 4.34. The third-order valence-electron chi connectivity index (χ3n) is 4.79. The van der Waals surface area contributed by atoms with Crippen LogP contribution in [0.5, 0.6) is 0 Å². The van der Waals surface area contributed by atoms with Gasteiger partial charge in [-0.25, -0.2) is 10.4 Å². The first kappa shape index (κ1) is 15.9. The number of rotatable bonds is 5. The van der Waals surface area contributed by atoms with Gasteiger partial charge in [-0.1, -0.05) is 12.1 Å². The molecule has 130 valence electrons. The number of hydrogen-bond donors (Lipinski definition) is 2. The molecule has 6 heteroatoms. The van der Waals surface area contributed by atoms with Crippen LogP contribution in [0.15, 0.2) is 35.4 Å². The number of benzene rings is 1. The Morgan fingerprint density at radius 3 is 3.08 bits per heavy atom. The van der Waals surface area contributed by atoms with Gasteiger partial charge in [-0.15, -0.1) is 0 Å². The Balaban J connectivity index is 1.47. The molecule has 1 fully saturated rings. The number of ether oxygens (including phenoxy) is 1. The Labute approximate surface area is 146 Å². The number of imidazole rings is 1. The number of anilines is 1. The Bertz CT molecular complexity index is 869. The number of fused-ring (bicyclic) bond motifs is 1. The number of hydrogen-bond acceptors (Lipinski definition) is 4. The van der Waals surface area contributed by atoms with E-state index in [1.807, 2.05) is 30.5 Å². The van der Waals surface area contributed by atoms with E-state index in [9.17, 15) is 0 Å². The van der Waals surface area contributed by atoms with Gasteiger partial charge in [-0.05, 0) is 44.9 Å². The molecule has 25 heavy (non-hydrogen) atoms. The number of nitrogens with zero attached hydrogens (tertiary/aromatic N) is 3.